The molecule has 5 nitrogen and oxygen atoms in total. The van der Waals surface area contributed by atoms with E-state index in [1.807, 2.05) is 29.2 Å². The lowest BCUT2D eigenvalue weighted by atomic mass is 9.89. The van der Waals surface area contributed by atoms with Crippen LogP contribution in [0.25, 0.3) is 32.9 Å². The molecule has 0 bridgehead atoms. The highest BCUT2D eigenvalue weighted by atomic mass is 16.5. The molecule has 0 saturated carbocycles. The van der Waals surface area contributed by atoms with E-state index in [0.29, 0.717) is 13.1 Å². The van der Waals surface area contributed by atoms with Gasteiger partial charge in [0.1, 0.15) is 5.75 Å². The summed E-state index contributed by atoms with van der Waals surface area (Å²) in [5.74, 6) is 1.59. The van der Waals surface area contributed by atoms with Crippen molar-refractivity contribution < 1.29 is 14.3 Å². The fourth-order valence-electron chi connectivity index (χ4n) is 5.52. The molecule has 2 heterocycles. The van der Waals surface area contributed by atoms with Gasteiger partial charge in [0.25, 0.3) is 0 Å². The molecule has 0 atom stereocenters. The molecule has 4 aromatic carbocycles. The standard InChI is InChI=1S/C30H26N2O3/c1-19(33)31-18-23-26(21-13-7-9-15-24(21)31)30(35-3)28-27(29(23)34-2)22-14-8-10-16-25(22)32(28)17-20-11-5-4-6-12-20/h4-16H,17-18H2,1-3H3. The van der Waals surface area contributed by atoms with Gasteiger partial charge in [0.05, 0.1) is 37.4 Å². The third-order valence-electron chi connectivity index (χ3n) is 6.97. The van der Waals surface area contributed by atoms with Gasteiger partial charge in [-0.3, -0.25) is 4.79 Å². The van der Waals surface area contributed by atoms with Crippen LogP contribution in [0, 0.1) is 0 Å². The number of carbonyl (C=O) groups excluding carboxylic acids is 1. The highest BCUT2D eigenvalue weighted by Gasteiger charge is 2.34. The SMILES string of the molecule is COc1c2c(c(OC)c3c1c1ccccc1n3Cc1ccccc1)-c1ccccc1N(C(C)=O)C2. The van der Waals surface area contributed by atoms with Gasteiger partial charge in [0, 0.05) is 41.1 Å². The van der Waals surface area contributed by atoms with Gasteiger partial charge in [0.2, 0.25) is 5.91 Å². The van der Waals surface area contributed by atoms with Crippen LogP contribution in [0.5, 0.6) is 11.5 Å². The van der Waals surface area contributed by atoms with E-state index >= 15 is 0 Å². The Kier molecular flexibility index (Phi) is 4.99. The van der Waals surface area contributed by atoms with Crippen LogP contribution < -0.4 is 14.4 Å². The van der Waals surface area contributed by atoms with Gasteiger partial charge in [-0.2, -0.15) is 0 Å². The Bertz CT molecular complexity index is 1600. The van der Waals surface area contributed by atoms with Crippen molar-refractivity contribution in [2.24, 2.45) is 0 Å². The molecule has 174 valence electrons. The third kappa shape index (κ3) is 3.12. The second-order valence-electron chi connectivity index (χ2n) is 8.85. The zero-order chi connectivity index (χ0) is 24.1. The molecule has 0 radical (unpaired) electrons. The summed E-state index contributed by atoms with van der Waals surface area (Å²) < 4.78 is 14.7. The van der Waals surface area contributed by atoms with Gasteiger partial charge in [0.15, 0.2) is 5.75 Å². The van der Waals surface area contributed by atoms with Crippen molar-refractivity contribution in [2.75, 3.05) is 19.1 Å². The Morgan fingerprint density at radius 3 is 2.29 bits per heavy atom. The van der Waals surface area contributed by atoms with Crippen LogP contribution in [0.3, 0.4) is 0 Å². The van der Waals surface area contributed by atoms with Gasteiger partial charge >= 0.3 is 0 Å². The van der Waals surface area contributed by atoms with Gasteiger partial charge in [-0.05, 0) is 17.7 Å². The average Bonchev–Trinajstić information content (AvgIpc) is 3.21. The molecule has 0 aliphatic carbocycles. The predicted molar refractivity (Wildman–Crippen MR) is 140 cm³/mol. The van der Waals surface area contributed by atoms with Crippen molar-refractivity contribution in [3.63, 3.8) is 0 Å². The summed E-state index contributed by atoms with van der Waals surface area (Å²) in [6, 6.07) is 26.9. The summed E-state index contributed by atoms with van der Waals surface area (Å²) in [5, 5.41) is 2.11. The molecular formula is C30H26N2O3. The second-order valence-corrected chi connectivity index (χ2v) is 8.85. The quantitative estimate of drug-likeness (QED) is 0.311. The summed E-state index contributed by atoms with van der Waals surface area (Å²) in [4.78, 5) is 14.5. The molecule has 0 N–H and O–H groups in total. The molecule has 1 amide bonds. The van der Waals surface area contributed by atoms with Crippen molar-refractivity contribution in [1.29, 1.82) is 0 Å². The maximum atomic E-state index is 12.7. The largest absolute Gasteiger partial charge is 0.496 e. The van der Waals surface area contributed by atoms with Gasteiger partial charge < -0.3 is 18.9 Å². The maximum Gasteiger partial charge on any atom is 0.224 e. The molecule has 6 rings (SSSR count). The number of anilines is 1. The van der Waals surface area contributed by atoms with Gasteiger partial charge in [-0.1, -0.05) is 66.7 Å². The number of hydrogen-bond donors (Lipinski definition) is 0. The fourth-order valence-corrected chi connectivity index (χ4v) is 5.52. The van der Waals surface area contributed by atoms with Crippen LogP contribution >= 0.6 is 0 Å². The number of amides is 1. The Labute approximate surface area is 204 Å². The topological polar surface area (TPSA) is 43.7 Å². The predicted octanol–water partition coefficient (Wildman–Crippen LogP) is 6.39. The van der Waals surface area contributed by atoms with E-state index in [9.17, 15) is 4.79 Å². The number of carbonyl (C=O) groups is 1. The minimum absolute atomic E-state index is 0.00396. The Morgan fingerprint density at radius 1 is 0.857 bits per heavy atom. The number of aromatic nitrogens is 1. The van der Waals surface area contributed by atoms with E-state index in [4.69, 9.17) is 9.47 Å². The molecule has 0 unspecified atom stereocenters. The van der Waals surface area contributed by atoms with E-state index in [2.05, 4.69) is 59.2 Å². The van der Waals surface area contributed by atoms with Crippen molar-refractivity contribution in [1.82, 2.24) is 4.57 Å². The number of benzene rings is 4. The monoisotopic (exact) mass is 462 g/mol. The lowest BCUT2D eigenvalue weighted by molar-refractivity contribution is -0.116. The highest BCUT2D eigenvalue weighted by molar-refractivity contribution is 6.17. The van der Waals surface area contributed by atoms with Crippen molar-refractivity contribution in [3.8, 4) is 22.6 Å². The molecule has 1 aliphatic rings. The van der Waals surface area contributed by atoms with Crippen molar-refractivity contribution >= 4 is 33.4 Å². The maximum absolute atomic E-state index is 12.7. The van der Waals surface area contributed by atoms with E-state index in [-0.39, 0.29) is 5.91 Å². The lowest BCUT2D eigenvalue weighted by Gasteiger charge is -2.33. The van der Waals surface area contributed by atoms with Crippen LogP contribution in [0.4, 0.5) is 5.69 Å². The first-order valence-electron chi connectivity index (χ1n) is 11.7. The lowest BCUT2D eigenvalue weighted by Crippen LogP contribution is -2.31. The average molecular weight is 463 g/mol. The van der Waals surface area contributed by atoms with E-state index < -0.39 is 0 Å². The number of fused-ring (bicyclic) bond motifs is 6. The number of rotatable bonds is 4. The van der Waals surface area contributed by atoms with E-state index in [1.54, 1.807) is 21.1 Å². The summed E-state index contributed by atoms with van der Waals surface area (Å²) in [7, 11) is 3.44. The Balaban J connectivity index is 1.78. The highest BCUT2D eigenvalue weighted by Crippen LogP contribution is 2.53. The molecule has 35 heavy (non-hydrogen) atoms. The fraction of sp³-hybridized carbons (Fsp3) is 0.167. The molecule has 1 aromatic heterocycles. The normalized spacial score (nSPS) is 12.5. The zero-order valence-corrected chi connectivity index (χ0v) is 20.0. The summed E-state index contributed by atoms with van der Waals surface area (Å²) >= 11 is 0. The zero-order valence-electron chi connectivity index (χ0n) is 20.0. The Hall–Kier alpha value is -4.25. The molecule has 5 heteroatoms. The minimum Gasteiger partial charge on any atom is -0.496 e. The first-order chi connectivity index (χ1) is 17.1. The van der Waals surface area contributed by atoms with Gasteiger partial charge in [-0.15, -0.1) is 0 Å². The molecule has 1 aliphatic heterocycles. The van der Waals surface area contributed by atoms with Crippen LogP contribution in [0.1, 0.15) is 18.1 Å². The molecule has 0 spiro atoms. The summed E-state index contributed by atoms with van der Waals surface area (Å²) in [6.07, 6.45) is 0. The van der Waals surface area contributed by atoms with E-state index in [0.717, 1.165) is 55.7 Å². The number of para-hydroxylation sites is 2. The van der Waals surface area contributed by atoms with Crippen LogP contribution in [0.2, 0.25) is 0 Å². The molecule has 0 saturated heterocycles. The third-order valence-corrected chi connectivity index (χ3v) is 6.97. The summed E-state index contributed by atoms with van der Waals surface area (Å²) in [5.41, 5.74) is 7.13. The summed E-state index contributed by atoms with van der Waals surface area (Å²) in [6.45, 7) is 2.73. The number of ether oxygens (including phenoxy) is 2. The van der Waals surface area contributed by atoms with Crippen molar-refractivity contribution in [3.05, 3.63) is 90.0 Å². The van der Waals surface area contributed by atoms with Crippen molar-refractivity contribution in [2.45, 2.75) is 20.0 Å². The first kappa shape index (κ1) is 21.3. The van der Waals surface area contributed by atoms with Crippen LogP contribution in [0.15, 0.2) is 78.9 Å². The smallest absolute Gasteiger partial charge is 0.224 e. The van der Waals surface area contributed by atoms with Gasteiger partial charge in [-0.25, -0.2) is 0 Å². The molecular weight excluding hydrogens is 436 g/mol. The Morgan fingerprint density at radius 2 is 1.54 bits per heavy atom. The second kappa shape index (κ2) is 8.20. The van der Waals surface area contributed by atoms with Crippen LogP contribution in [-0.4, -0.2) is 24.7 Å². The minimum atomic E-state index is -0.00396. The number of methoxy groups -OCH3 is 2. The van der Waals surface area contributed by atoms with Crippen LogP contribution in [-0.2, 0) is 17.9 Å². The first-order valence-corrected chi connectivity index (χ1v) is 11.7. The van der Waals surface area contributed by atoms with E-state index in [1.165, 1.54) is 5.56 Å². The number of hydrogen-bond acceptors (Lipinski definition) is 3. The number of nitrogens with zero attached hydrogens (tertiary/aromatic N) is 2. The molecule has 0 fully saturated rings. The molecule has 5 aromatic rings.